The van der Waals surface area contributed by atoms with Crippen molar-refractivity contribution in [3.63, 3.8) is 0 Å². The Labute approximate surface area is 102 Å². The van der Waals surface area contributed by atoms with Gasteiger partial charge in [-0.05, 0) is 55.2 Å². The molecular formula is C14H20N2O. The maximum absolute atomic E-state index is 10.1. The number of hydrogen-bond donors (Lipinski definition) is 2. The second-order valence-corrected chi connectivity index (χ2v) is 5.41. The van der Waals surface area contributed by atoms with E-state index in [1.807, 2.05) is 12.1 Å². The highest BCUT2D eigenvalue weighted by molar-refractivity contribution is 5.13. The summed E-state index contributed by atoms with van der Waals surface area (Å²) in [6.45, 7) is 0.668. The van der Waals surface area contributed by atoms with Gasteiger partial charge in [0.05, 0.1) is 6.10 Å². The molecule has 2 fully saturated rings. The Hall–Kier alpha value is -0.930. The van der Waals surface area contributed by atoms with Crippen LogP contribution in [0.1, 0.15) is 37.4 Å². The molecule has 2 saturated carbocycles. The first-order valence-corrected chi connectivity index (χ1v) is 6.66. The van der Waals surface area contributed by atoms with E-state index in [2.05, 4.69) is 10.3 Å². The van der Waals surface area contributed by atoms with E-state index >= 15 is 0 Å². The number of aromatic nitrogens is 1. The van der Waals surface area contributed by atoms with Crippen molar-refractivity contribution in [2.24, 2.45) is 11.8 Å². The van der Waals surface area contributed by atoms with E-state index in [0.717, 1.165) is 17.4 Å². The molecule has 92 valence electrons. The van der Waals surface area contributed by atoms with Gasteiger partial charge in [-0.2, -0.15) is 0 Å². The van der Waals surface area contributed by atoms with Crippen molar-refractivity contribution in [2.45, 2.75) is 37.8 Å². The van der Waals surface area contributed by atoms with Crippen molar-refractivity contribution < 1.29 is 5.11 Å². The van der Waals surface area contributed by atoms with Gasteiger partial charge >= 0.3 is 0 Å². The van der Waals surface area contributed by atoms with E-state index in [0.29, 0.717) is 12.6 Å². The second kappa shape index (κ2) is 4.75. The number of pyridine rings is 1. The normalized spacial score (nSPS) is 21.8. The first-order chi connectivity index (χ1) is 8.34. The van der Waals surface area contributed by atoms with Crippen LogP contribution in [-0.2, 0) is 0 Å². The summed E-state index contributed by atoms with van der Waals surface area (Å²) in [5.74, 6) is 1.76. The second-order valence-electron chi connectivity index (χ2n) is 5.41. The molecule has 2 aliphatic carbocycles. The largest absolute Gasteiger partial charge is 0.387 e. The highest BCUT2D eigenvalue weighted by atomic mass is 16.3. The molecule has 0 radical (unpaired) electrons. The van der Waals surface area contributed by atoms with Crippen molar-refractivity contribution in [1.82, 2.24) is 10.3 Å². The Morgan fingerprint density at radius 3 is 2.29 bits per heavy atom. The average molecular weight is 232 g/mol. The quantitative estimate of drug-likeness (QED) is 0.787. The number of aliphatic hydroxyl groups is 1. The summed E-state index contributed by atoms with van der Waals surface area (Å²) in [5.41, 5.74) is 0.956. The molecule has 0 bridgehead atoms. The molecule has 3 nitrogen and oxygen atoms in total. The molecule has 1 aromatic rings. The van der Waals surface area contributed by atoms with Crippen LogP contribution in [0, 0.1) is 11.8 Å². The smallest absolute Gasteiger partial charge is 0.0915 e. The van der Waals surface area contributed by atoms with Gasteiger partial charge in [0.2, 0.25) is 0 Å². The summed E-state index contributed by atoms with van der Waals surface area (Å²) in [6.07, 6.45) is 8.56. The van der Waals surface area contributed by atoms with Crippen molar-refractivity contribution in [3.05, 3.63) is 30.1 Å². The van der Waals surface area contributed by atoms with Gasteiger partial charge in [-0.25, -0.2) is 0 Å². The van der Waals surface area contributed by atoms with Crippen LogP contribution in [0.15, 0.2) is 24.5 Å². The fraction of sp³-hybridized carbons (Fsp3) is 0.643. The third kappa shape index (κ3) is 2.85. The van der Waals surface area contributed by atoms with Crippen LogP contribution in [0.5, 0.6) is 0 Å². The number of nitrogens with zero attached hydrogens (tertiary/aromatic N) is 1. The fourth-order valence-electron chi connectivity index (χ4n) is 2.58. The molecule has 0 spiro atoms. The van der Waals surface area contributed by atoms with Gasteiger partial charge in [0, 0.05) is 25.0 Å². The third-order valence-electron chi connectivity index (χ3n) is 3.90. The summed E-state index contributed by atoms with van der Waals surface area (Å²) in [4.78, 5) is 3.97. The zero-order valence-corrected chi connectivity index (χ0v) is 10.0. The van der Waals surface area contributed by atoms with Gasteiger partial charge in [-0.15, -0.1) is 0 Å². The van der Waals surface area contributed by atoms with Crippen LogP contribution < -0.4 is 5.32 Å². The van der Waals surface area contributed by atoms with Crippen LogP contribution in [-0.4, -0.2) is 22.7 Å². The molecule has 0 aromatic carbocycles. The summed E-state index contributed by atoms with van der Waals surface area (Å²) in [6, 6.07) is 4.43. The topological polar surface area (TPSA) is 45.1 Å². The van der Waals surface area contributed by atoms with E-state index in [4.69, 9.17) is 0 Å². The predicted octanol–water partition coefficient (Wildman–Crippen LogP) is 1.89. The molecule has 0 aliphatic heterocycles. The zero-order chi connectivity index (χ0) is 11.7. The molecule has 1 atom stereocenters. The predicted molar refractivity (Wildman–Crippen MR) is 66.4 cm³/mol. The van der Waals surface area contributed by atoms with Crippen LogP contribution in [0.3, 0.4) is 0 Å². The van der Waals surface area contributed by atoms with Gasteiger partial charge in [0.15, 0.2) is 0 Å². The molecule has 1 aromatic heterocycles. The molecule has 0 amide bonds. The van der Waals surface area contributed by atoms with Crippen molar-refractivity contribution >= 4 is 0 Å². The highest BCUT2D eigenvalue weighted by Gasteiger charge is 2.41. The summed E-state index contributed by atoms with van der Waals surface area (Å²) in [5, 5.41) is 13.7. The molecule has 3 rings (SSSR count). The van der Waals surface area contributed by atoms with E-state index < -0.39 is 6.10 Å². The highest BCUT2D eigenvalue weighted by Crippen LogP contribution is 2.44. The van der Waals surface area contributed by atoms with E-state index in [1.165, 1.54) is 25.7 Å². The molecular weight excluding hydrogens is 212 g/mol. The molecule has 3 heteroatoms. The molecule has 2 aliphatic rings. The molecule has 1 unspecified atom stereocenters. The van der Waals surface area contributed by atoms with Crippen LogP contribution in [0.2, 0.25) is 0 Å². The fourth-order valence-corrected chi connectivity index (χ4v) is 2.58. The monoisotopic (exact) mass is 232 g/mol. The lowest BCUT2D eigenvalue weighted by Crippen LogP contribution is -2.36. The minimum Gasteiger partial charge on any atom is -0.387 e. The number of nitrogens with one attached hydrogen (secondary N) is 1. The van der Waals surface area contributed by atoms with Gasteiger partial charge in [-0.1, -0.05) is 0 Å². The minimum absolute atomic E-state index is 0.405. The summed E-state index contributed by atoms with van der Waals surface area (Å²) >= 11 is 0. The van der Waals surface area contributed by atoms with E-state index in [-0.39, 0.29) is 0 Å². The van der Waals surface area contributed by atoms with Crippen molar-refractivity contribution in [3.8, 4) is 0 Å². The summed E-state index contributed by atoms with van der Waals surface area (Å²) < 4.78 is 0. The lowest BCUT2D eigenvalue weighted by atomic mass is 10.1. The summed E-state index contributed by atoms with van der Waals surface area (Å²) in [7, 11) is 0. The maximum atomic E-state index is 10.1. The first kappa shape index (κ1) is 11.2. The first-order valence-electron chi connectivity index (χ1n) is 6.66. The molecule has 2 N–H and O–H groups in total. The van der Waals surface area contributed by atoms with Gasteiger partial charge in [0.1, 0.15) is 0 Å². The van der Waals surface area contributed by atoms with Gasteiger partial charge < -0.3 is 10.4 Å². The Kier molecular flexibility index (Phi) is 3.12. The standard InChI is InChI=1S/C14H20N2O/c17-13(10-5-7-15-8-6-10)9-16-14(11-1-2-11)12-3-4-12/h5-8,11-14,16-17H,1-4,9H2. The number of hydrogen-bond acceptors (Lipinski definition) is 3. The number of aliphatic hydroxyl groups excluding tert-OH is 1. The van der Waals surface area contributed by atoms with E-state index in [1.54, 1.807) is 12.4 Å². The van der Waals surface area contributed by atoms with Gasteiger partial charge in [-0.3, -0.25) is 4.98 Å². The molecule has 17 heavy (non-hydrogen) atoms. The lowest BCUT2D eigenvalue weighted by Gasteiger charge is -2.20. The van der Waals surface area contributed by atoms with Gasteiger partial charge in [0.25, 0.3) is 0 Å². The lowest BCUT2D eigenvalue weighted by molar-refractivity contribution is 0.165. The third-order valence-corrected chi connectivity index (χ3v) is 3.90. The Morgan fingerprint density at radius 2 is 1.76 bits per heavy atom. The Bertz CT molecular complexity index is 348. The molecule has 0 saturated heterocycles. The van der Waals surface area contributed by atoms with Crippen LogP contribution >= 0.6 is 0 Å². The van der Waals surface area contributed by atoms with E-state index in [9.17, 15) is 5.11 Å². The Morgan fingerprint density at radius 1 is 1.18 bits per heavy atom. The average Bonchev–Trinajstić information content (AvgIpc) is 3.24. The number of rotatable bonds is 6. The maximum Gasteiger partial charge on any atom is 0.0915 e. The minimum atomic E-state index is -0.405. The SMILES string of the molecule is OC(CNC(C1CC1)C1CC1)c1ccncc1. The zero-order valence-electron chi connectivity index (χ0n) is 10.0. The molecule has 1 heterocycles. The Balaban J connectivity index is 1.52. The van der Waals surface area contributed by atoms with Crippen LogP contribution in [0.4, 0.5) is 0 Å². The van der Waals surface area contributed by atoms with Crippen molar-refractivity contribution in [1.29, 1.82) is 0 Å². The van der Waals surface area contributed by atoms with Crippen molar-refractivity contribution in [2.75, 3.05) is 6.54 Å². The van der Waals surface area contributed by atoms with Crippen LogP contribution in [0.25, 0.3) is 0 Å².